The Bertz CT molecular complexity index is 1050. The summed E-state index contributed by atoms with van der Waals surface area (Å²) < 4.78 is 42.0. The molecule has 2 heterocycles. The minimum absolute atomic E-state index is 0.0428. The summed E-state index contributed by atoms with van der Waals surface area (Å²) in [5, 5.41) is 27.1. The maximum Gasteiger partial charge on any atom is 0.573 e. The van der Waals surface area contributed by atoms with Crippen LogP contribution in [-0.2, 0) is 6.54 Å². The molecule has 1 saturated carbocycles. The lowest BCUT2D eigenvalue weighted by Gasteiger charge is -2.34. The largest absolute Gasteiger partial charge is 0.573 e. The summed E-state index contributed by atoms with van der Waals surface area (Å²) in [6, 6.07) is 6.14. The zero-order valence-electron chi connectivity index (χ0n) is 19.6. The van der Waals surface area contributed by atoms with E-state index < -0.39 is 11.3 Å². The smallest absolute Gasteiger partial charge is 0.405 e. The Labute approximate surface area is 206 Å². The predicted molar refractivity (Wildman–Crippen MR) is 126 cm³/mol. The summed E-state index contributed by atoms with van der Waals surface area (Å²) in [6.07, 6.45) is 0.770. The lowest BCUT2D eigenvalue weighted by Crippen LogP contribution is -2.38. The van der Waals surface area contributed by atoms with E-state index in [0.717, 1.165) is 51.4 Å². The first-order valence-corrected chi connectivity index (χ1v) is 11.9. The lowest BCUT2D eigenvalue weighted by atomic mass is 9.85. The maximum atomic E-state index is 12.7. The number of nitro groups is 1. The Morgan fingerprint density at radius 3 is 2.58 bits per heavy atom. The van der Waals surface area contributed by atoms with Gasteiger partial charge in [-0.3, -0.25) is 15.0 Å². The molecular weight excluding hydrogens is 481 g/mol. The van der Waals surface area contributed by atoms with Gasteiger partial charge in [0.15, 0.2) is 0 Å². The molecule has 1 aromatic carbocycles. The molecule has 2 aliphatic rings. The van der Waals surface area contributed by atoms with Crippen LogP contribution in [0.5, 0.6) is 5.75 Å². The molecule has 0 radical (unpaired) electrons. The minimum Gasteiger partial charge on any atom is -0.405 e. The highest BCUT2D eigenvalue weighted by Crippen LogP contribution is 2.31. The van der Waals surface area contributed by atoms with Crippen LogP contribution >= 0.6 is 0 Å². The SMILES string of the molecule is O=[N+]([O-])c1cnc(NCc2ccccc2OC(F)(F)F)nc1NCC1CCC(N2CCC(O)C2)CC1. The number of aliphatic hydroxyl groups excluding tert-OH is 1. The monoisotopic (exact) mass is 510 g/mol. The van der Waals surface area contributed by atoms with Crippen LogP contribution in [0.2, 0.25) is 0 Å². The highest BCUT2D eigenvalue weighted by molar-refractivity contribution is 5.57. The molecule has 0 bridgehead atoms. The van der Waals surface area contributed by atoms with Crippen LogP contribution in [0, 0.1) is 16.0 Å². The van der Waals surface area contributed by atoms with Crippen molar-refractivity contribution in [2.75, 3.05) is 30.3 Å². The molecule has 1 atom stereocenters. The van der Waals surface area contributed by atoms with E-state index in [4.69, 9.17) is 0 Å². The molecule has 36 heavy (non-hydrogen) atoms. The third-order valence-corrected chi connectivity index (χ3v) is 6.69. The molecule has 1 aliphatic heterocycles. The van der Waals surface area contributed by atoms with Crippen LogP contribution in [-0.4, -0.2) is 63.0 Å². The quantitative estimate of drug-likeness (QED) is 0.340. The summed E-state index contributed by atoms with van der Waals surface area (Å²) in [5.74, 6) is 0.0753. The molecule has 196 valence electrons. The molecule has 0 spiro atoms. The maximum absolute atomic E-state index is 12.7. The van der Waals surface area contributed by atoms with Gasteiger partial charge in [0.1, 0.15) is 11.9 Å². The molecule has 2 aromatic rings. The number of anilines is 2. The van der Waals surface area contributed by atoms with Crippen molar-refractivity contribution in [1.82, 2.24) is 14.9 Å². The molecule has 1 saturated heterocycles. The Hall–Kier alpha value is -3.19. The van der Waals surface area contributed by atoms with Crippen molar-refractivity contribution >= 4 is 17.5 Å². The predicted octanol–water partition coefficient (Wildman–Crippen LogP) is 3.93. The van der Waals surface area contributed by atoms with Crippen molar-refractivity contribution in [3.63, 3.8) is 0 Å². The zero-order valence-corrected chi connectivity index (χ0v) is 19.6. The number of benzene rings is 1. The average Bonchev–Trinajstić information content (AvgIpc) is 3.27. The molecule has 1 aliphatic carbocycles. The number of β-amino-alcohol motifs (C(OH)–C–C–N with tert-alkyl or cyclic N) is 1. The second kappa shape index (κ2) is 11.2. The Balaban J connectivity index is 1.35. The second-order valence-electron chi connectivity index (χ2n) is 9.19. The normalized spacial score (nSPS) is 22.8. The van der Waals surface area contributed by atoms with E-state index in [0.29, 0.717) is 18.5 Å². The van der Waals surface area contributed by atoms with E-state index in [-0.39, 0.29) is 41.4 Å². The highest BCUT2D eigenvalue weighted by Gasteiger charge is 2.32. The van der Waals surface area contributed by atoms with Gasteiger partial charge in [-0.1, -0.05) is 18.2 Å². The van der Waals surface area contributed by atoms with Gasteiger partial charge in [0, 0.05) is 37.8 Å². The Morgan fingerprint density at radius 2 is 1.92 bits per heavy atom. The van der Waals surface area contributed by atoms with E-state index in [2.05, 4.69) is 30.2 Å². The fraction of sp³-hybridized carbons (Fsp3) is 0.565. The van der Waals surface area contributed by atoms with Crippen molar-refractivity contribution in [2.45, 2.75) is 57.2 Å². The second-order valence-corrected chi connectivity index (χ2v) is 9.19. The van der Waals surface area contributed by atoms with Crippen molar-refractivity contribution in [1.29, 1.82) is 0 Å². The molecule has 0 amide bonds. The number of likely N-dealkylation sites (tertiary alicyclic amines) is 1. The number of nitrogens with zero attached hydrogens (tertiary/aromatic N) is 4. The van der Waals surface area contributed by atoms with Gasteiger partial charge in [0.25, 0.3) is 0 Å². The van der Waals surface area contributed by atoms with Crippen molar-refractivity contribution in [3.05, 3.63) is 46.1 Å². The van der Waals surface area contributed by atoms with Gasteiger partial charge in [-0.2, -0.15) is 4.98 Å². The van der Waals surface area contributed by atoms with Crippen LogP contribution in [0.3, 0.4) is 0 Å². The number of hydrogen-bond donors (Lipinski definition) is 3. The zero-order chi connectivity index (χ0) is 25.7. The molecule has 2 fully saturated rings. The third kappa shape index (κ3) is 6.94. The van der Waals surface area contributed by atoms with Gasteiger partial charge in [-0.05, 0) is 44.1 Å². The van der Waals surface area contributed by atoms with E-state index in [1.807, 2.05) is 0 Å². The first-order valence-electron chi connectivity index (χ1n) is 11.9. The summed E-state index contributed by atoms with van der Waals surface area (Å²) >= 11 is 0. The summed E-state index contributed by atoms with van der Waals surface area (Å²) in [5.41, 5.74) is -0.0466. The molecule has 1 aromatic heterocycles. The summed E-state index contributed by atoms with van der Waals surface area (Å²) in [7, 11) is 0. The van der Waals surface area contributed by atoms with Gasteiger partial charge < -0.3 is 20.5 Å². The Kier molecular flexibility index (Phi) is 8.09. The number of rotatable bonds is 9. The topological polar surface area (TPSA) is 126 Å². The van der Waals surface area contributed by atoms with Gasteiger partial charge in [-0.25, -0.2) is 4.98 Å². The average molecular weight is 511 g/mol. The van der Waals surface area contributed by atoms with Crippen LogP contribution in [0.15, 0.2) is 30.5 Å². The molecule has 13 heteroatoms. The first kappa shape index (κ1) is 25.9. The minimum atomic E-state index is -4.83. The molecular formula is C23H29F3N6O4. The molecule has 10 nitrogen and oxygen atoms in total. The number of aromatic nitrogens is 2. The van der Waals surface area contributed by atoms with Gasteiger partial charge in [-0.15, -0.1) is 13.2 Å². The van der Waals surface area contributed by atoms with E-state index in [9.17, 15) is 28.4 Å². The number of ether oxygens (including phenoxy) is 1. The summed E-state index contributed by atoms with van der Waals surface area (Å²) in [4.78, 5) is 21.4. The van der Waals surface area contributed by atoms with Crippen LogP contribution in [0.25, 0.3) is 0 Å². The van der Waals surface area contributed by atoms with E-state index in [1.54, 1.807) is 6.07 Å². The fourth-order valence-corrected chi connectivity index (χ4v) is 4.83. The van der Waals surface area contributed by atoms with E-state index in [1.165, 1.54) is 18.2 Å². The van der Waals surface area contributed by atoms with Crippen molar-refractivity contribution in [2.24, 2.45) is 5.92 Å². The lowest BCUT2D eigenvalue weighted by molar-refractivity contribution is -0.384. The fourth-order valence-electron chi connectivity index (χ4n) is 4.83. The van der Waals surface area contributed by atoms with Gasteiger partial charge in [0.2, 0.25) is 11.8 Å². The van der Waals surface area contributed by atoms with Gasteiger partial charge >= 0.3 is 12.0 Å². The van der Waals surface area contributed by atoms with Crippen LogP contribution in [0.4, 0.5) is 30.6 Å². The molecule has 4 rings (SSSR count). The molecule has 3 N–H and O–H groups in total. The number of nitrogens with one attached hydrogen (secondary N) is 2. The number of para-hydroxylation sites is 1. The standard InChI is InChI=1S/C23H29F3N6O4/c24-23(25,26)36-20-4-2-1-3-16(20)12-28-22-29-13-19(32(34)35)21(30-22)27-11-15-5-7-17(8-6-15)31-10-9-18(33)14-31/h1-4,13,15,17-18,33H,5-12,14H2,(H2,27,28,29,30). The summed E-state index contributed by atoms with van der Waals surface area (Å²) in [6.45, 7) is 2.08. The third-order valence-electron chi connectivity index (χ3n) is 6.69. The van der Waals surface area contributed by atoms with E-state index >= 15 is 0 Å². The van der Waals surface area contributed by atoms with Crippen molar-refractivity contribution < 1.29 is 27.9 Å². The van der Waals surface area contributed by atoms with Crippen LogP contribution < -0.4 is 15.4 Å². The highest BCUT2D eigenvalue weighted by atomic mass is 19.4. The first-order chi connectivity index (χ1) is 17.2. The van der Waals surface area contributed by atoms with Crippen LogP contribution in [0.1, 0.15) is 37.7 Å². The number of halogens is 3. The number of aliphatic hydroxyl groups is 1. The number of alkyl halides is 3. The molecule has 1 unspecified atom stereocenters. The van der Waals surface area contributed by atoms with Crippen molar-refractivity contribution in [3.8, 4) is 5.75 Å². The van der Waals surface area contributed by atoms with Gasteiger partial charge in [0.05, 0.1) is 11.0 Å². The Morgan fingerprint density at radius 1 is 1.17 bits per heavy atom. The number of hydrogen-bond acceptors (Lipinski definition) is 9.